The van der Waals surface area contributed by atoms with Gasteiger partial charge in [-0.3, -0.25) is 4.79 Å². The van der Waals surface area contributed by atoms with Crippen LogP contribution in [0.4, 0.5) is 5.82 Å². The number of nitrogens with zero attached hydrogens (tertiary/aromatic N) is 2. The first-order chi connectivity index (χ1) is 12.6. The predicted octanol–water partition coefficient (Wildman–Crippen LogP) is 4.17. The number of aromatic nitrogens is 2. The first-order valence-corrected chi connectivity index (χ1v) is 8.14. The molecule has 0 aliphatic carbocycles. The minimum absolute atomic E-state index is 0.283. The van der Waals surface area contributed by atoms with E-state index in [0.29, 0.717) is 23.6 Å². The van der Waals surface area contributed by atoms with Crippen LogP contribution in [-0.4, -0.2) is 22.8 Å². The molecule has 1 amide bonds. The number of rotatable bonds is 6. The summed E-state index contributed by atoms with van der Waals surface area (Å²) >= 11 is 0. The van der Waals surface area contributed by atoms with E-state index in [9.17, 15) is 4.79 Å². The molecular formula is C20H19N3O3. The van der Waals surface area contributed by atoms with Gasteiger partial charge in [0.1, 0.15) is 12.4 Å². The molecule has 1 N–H and O–H groups in total. The molecule has 3 aromatic rings. The molecule has 2 aromatic carbocycles. The van der Waals surface area contributed by atoms with Gasteiger partial charge in [0.15, 0.2) is 5.69 Å². The maximum Gasteiger partial charge on any atom is 0.256 e. The molecule has 132 valence electrons. The maximum absolute atomic E-state index is 12.5. The van der Waals surface area contributed by atoms with E-state index in [1.54, 1.807) is 30.3 Å². The predicted molar refractivity (Wildman–Crippen MR) is 99.3 cm³/mol. The largest absolute Gasteiger partial charge is 0.490 e. The number of amides is 1. The van der Waals surface area contributed by atoms with Crippen molar-refractivity contribution in [3.63, 3.8) is 0 Å². The van der Waals surface area contributed by atoms with Crippen molar-refractivity contribution < 1.29 is 14.2 Å². The molecule has 0 radical (unpaired) electrons. The van der Waals surface area contributed by atoms with Gasteiger partial charge in [0.05, 0.1) is 0 Å². The van der Waals surface area contributed by atoms with Crippen LogP contribution in [0, 0.1) is 13.8 Å². The van der Waals surface area contributed by atoms with Crippen LogP contribution in [0.5, 0.6) is 5.75 Å². The SMILES string of the molecule is C=CCOc1ccc(C(=O)Nc2nonc2-c2ccc(C)c(C)c2)cc1. The number of ether oxygens (including phenoxy) is 1. The molecule has 26 heavy (non-hydrogen) atoms. The Morgan fingerprint density at radius 2 is 1.92 bits per heavy atom. The maximum atomic E-state index is 12.5. The Bertz CT molecular complexity index is 930. The van der Waals surface area contributed by atoms with E-state index < -0.39 is 0 Å². The summed E-state index contributed by atoms with van der Waals surface area (Å²) in [4.78, 5) is 12.5. The number of aryl methyl sites for hydroxylation is 2. The molecule has 0 saturated heterocycles. The number of benzene rings is 2. The molecule has 0 spiro atoms. The summed E-state index contributed by atoms with van der Waals surface area (Å²) < 4.78 is 10.2. The van der Waals surface area contributed by atoms with Crippen molar-refractivity contribution in [1.29, 1.82) is 0 Å². The molecule has 3 rings (SSSR count). The molecule has 0 bridgehead atoms. The van der Waals surface area contributed by atoms with Crippen LogP contribution in [0.1, 0.15) is 21.5 Å². The Labute approximate surface area is 151 Å². The van der Waals surface area contributed by atoms with E-state index >= 15 is 0 Å². The fraction of sp³-hybridized carbons (Fsp3) is 0.150. The van der Waals surface area contributed by atoms with E-state index in [0.717, 1.165) is 11.1 Å². The summed E-state index contributed by atoms with van der Waals surface area (Å²) in [7, 11) is 0. The highest BCUT2D eigenvalue weighted by molar-refractivity contribution is 6.05. The highest BCUT2D eigenvalue weighted by Crippen LogP contribution is 2.26. The summed E-state index contributed by atoms with van der Waals surface area (Å²) in [5.41, 5.74) is 4.10. The summed E-state index contributed by atoms with van der Waals surface area (Å²) in [6.07, 6.45) is 1.66. The number of anilines is 1. The molecule has 0 saturated carbocycles. The van der Waals surface area contributed by atoms with E-state index in [1.807, 2.05) is 32.0 Å². The Hall–Kier alpha value is -3.41. The first kappa shape index (κ1) is 17.4. The summed E-state index contributed by atoms with van der Waals surface area (Å²) in [5.74, 6) is 0.645. The number of nitrogens with one attached hydrogen (secondary N) is 1. The zero-order chi connectivity index (χ0) is 18.5. The van der Waals surface area contributed by atoms with Gasteiger partial charge in [0.2, 0.25) is 5.82 Å². The van der Waals surface area contributed by atoms with Gasteiger partial charge >= 0.3 is 0 Å². The fourth-order valence-electron chi connectivity index (χ4n) is 2.39. The van der Waals surface area contributed by atoms with Gasteiger partial charge in [-0.1, -0.05) is 24.8 Å². The second kappa shape index (κ2) is 7.65. The van der Waals surface area contributed by atoms with Crippen molar-refractivity contribution in [2.24, 2.45) is 0 Å². The molecule has 6 heteroatoms. The minimum Gasteiger partial charge on any atom is -0.490 e. The molecule has 0 fully saturated rings. The van der Waals surface area contributed by atoms with Crippen LogP contribution in [0.15, 0.2) is 59.7 Å². The monoisotopic (exact) mass is 349 g/mol. The highest BCUT2D eigenvalue weighted by atomic mass is 16.6. The third-order valence-corrected chi connectivity index (χ3v) is 3.99. The van der Waals surface area contributed by atoms with Crippen molar-refractivity contribution in [3.8, 4) is 17.0 Å². The standard InChI is InChI=1S/C20H19N3O3/c1-4-11-25-17-9-7-15(8-10-17)20(24)21-19-18(22-26-23-19)16-6-5-13(2)14(3)12-16/h4-10,12H,1,11H2,2-3H3,(H,21,23,24). The zero-order valence-electron chi connectivity index (χ0n) is 14.7. The fourth-order valence-corrected chi connectivity index (χ4v) is 2.39. The van der Waals surface area contributed by atoms with E-state index in [4.69, 9.17) is 9.37 Å². The van der Waals surface area contributed by atoms with Gasteiger partial charge in [-0.25, -0.2) is 4.63 Å². The van der Waals surface area contributed by atoms with Crippen LogP contribution in [-0.2, 0) is 0 Å². The van der Waals surface area contributed by atoms with Gasteiger partial charge in [0, 0.05) is 11.1 Å². The Kier molecular flexibility index (Phi) is 5.12. The van der Waals surface area contributed by atoms with E-state index in [-0.39, 0.29) is 11.7 Å². The Morgan fingerprint density at radius 1 is 1.15 bits per heavy atom. The lowest BCUT2D eigenvalue weighted by Crippen LogP contribution is -2.12. The molecular weight excluding hydrogens is 330 g/mol. The van der Waals surface area contributed by atoms with Crippen LogP contribution >= 0.6 is 0 Å². The number of carbonyl (C=O) groups is 1. The quantitative estimate of drug-likeness (QED) is 0.676. The van der Waals surface area contributed by atoms with Gasteiger partial charge in [0.25, 0.3) is 5.91 Å². The van der Waals surface area contributed by atoms with Crippen molar-refractivity contribution >= 4 is 11.7 Å². The van der Waals surface area contributed by atoms with Gasteiger partial charge in [-0.05, 0) is 65.6 Å². The summed E-state index contributed by atoms with van der Waals surface area (Å²) in [6, 6.07) is 12.7. The smallest absolute Gasteiger partial charge is 0.256 e. The normalized spacial score (nSPS) is 10.4. The third-order valence-electron chi connectivity index (χ3n) is 3.99. The Morgan fingerprint density at radius 3 is 2.62 bits per heavy atom. The Balaban J connectivity index is 1.77. The van der Waals surface area contributed by atoms with Crippen LogP contribution in [0.3, 0.4) is 0 Å². The zero-order valence-corrected chi connectivity index (χ0v) is 14.7. The van der Waals surface area contributed by atoms with Crippen LogP contribution in [0.25, 0.3) is 11.3 Å². The lowest BCUT2D eigenvalue weighted by molar-refractivity contribution is 0.102. The number of hydrogen-bond donors (Lipinski definition) is 1. The molecule has 0 aliphatic rings. The molecule has 1 heterocycles. The van der Waals surface area contributed by atoms with Crippen molar-refractivity contribution in [2.45, 2.75) is 13.8 Å². The lowest BCUT2D eigenvalue weighted by atomic mass is 10.0. The molecule has 0 atom stereocenters. The highest BCUT2D eigenvalue weighted by Gasteiger charge is 2.16. The van der Waals surface area contributed by atoms with Gasteiger partial charge in [-0.15, -0.1) is 0 Å². The average molecular weight is 349 g/mol. The lowest BCUT2D eigenvalue weighted by Gasteiger charge is -2.06. The average Bonchev–Trinajstić information content (AvgIpc) is 3.10. The van der Waals surface area contributed by atoms with E-state index in [1.165, 1.54) is 5.56 Å². The summed E-state index contributed by atoms with van der Waals surface area (Å²) in [6.45, 7) is 8.06. The van der Waals surface area contributed by atoms with Crippen LogP contribution in [0.2, 0.25) is 0 Å². The van der Waals surface area contributed by atoms with Gasteiger partial charge in [-0.2, -0.15) is 0 Å². The second-order valence-corrected chi connectivity index (χ2v) is 5.84. The first-order valence-electron chi connectivity index (χ1n) is 8.14. The van der Waals surface area contributed by atoms with Gasteiger partial charge < -0.3 is 10.1 Å². The molecule has 6 nitrogen and oxygen atoms in total. The number of hydrogen-bond acceptors (Lipinski definition) is 5. The summed E-state index contributed by atoms with van der Waals surface area (Å²) in [5, 5.41) is 10.5. The van der Waals surface area contributed by atoms with Crippen molar-refractivity contribution in [2.75, 3.05) is 11.9 Å². The molecule has 0 aliphatic heterocycles. The molecule has 1 aromatic heterocycles. The minimum atomic E-state index is -0.305. The number of carbonyl (C=O) groups excluding carboxylic acids is 1. The molecule has 0 unspecified atom stereocenters. The van der Waals surface area contributed by atoms with Crippen molar-refractivity contribution in [3.05, 3.63) is 71.8 Å². The topological polar surface area (TPSA) is 77.2 Å². The third kappa shape index (κ3) is 3.80. The van der Waals surface area contributed by atoms with Crippen molar-refractivity contribution in [1.82, 2.24) is 10.3 Å². The second-order valence-electron chi connectivity index (χ2n) is 5.84. The van der Waals surface area contributed by atoms with E-state index in [2.05, 4.69) is 22.2 Å². The van der Waals surface area contributed by atoms with Crippen LogP contribution < -0.4 is 10.1 Å².